The maximum atomic E-state index is 12.6. The molecule has 0 radical (unpaired) electrons. The van der Waals surface area contributed by atoms with E-state index in [0.29, 0.717) is 11.5 Å². The van der Waals surface area contributed by atoms with Crippen LogP contribution in [0.25, 0.3) is 34.1 Å². The van der Waals surface area contributed by atoms with Crippen molar-refractivity contribution in [3.63, 3.8) is 0 Å². The predicted octanol–water partition coefficient (Wildman–Crippen LogP) is 6.30. The van der Waals surface area contributed by atoms with E-state index >= 15 is 0 Å². The van der Waals surface area contributed by atoms with Crippen molar-refractivity contribution in [1.82, 2.24) is 19.6 Å². The third-order valence-corrected chi connectivity index (χ3v) is 6.95. The lowest BCUT2D eigenvalue weighted by Gasteiger charge is -2.30. The van der Waals surface area contributed by atoms with E-state index in [0.717, 1.165) is 59.3 Å². The van der Waals surface area contributed by atoms with Crippen molar-refractivity contribution in [2.75, 3.05) is 5.73 Å². The number of fused-ring (bicyclic) bond motifs is 1. The van der Waals surface area contributed by atoms with E-state index in [2.05, 4.69) is 16.7 Å². The molecule has 1 aliphatic carbocycles. The number of esters is 1. The molecule has 3 aromatic heterocycles. The van der Waals surface area contributed by atoms with E-state index in [9.17, 15) is 4.79 Å². The number of aromatic nitrogens is 4. The number of rotatable bonds is 5. The summed E-state index contributed by atoms with van der Waals surface area (Å²) < 4.78 is 7.30. The second-order valence-corrected chi connectivity index (χ2v) is 10.7. The molecule has 0 saturated heterocycles. The van der Waals surface area contributed by atoms with Gasteiger partial charge >= 0.3 is 5.97 Å². The summed E-state index contributed by atoms with van der Waals surface area (Å²) in [4.78, 5) is 22.4. The van der Waals surface area contributed by atoms with Crippen molar-refractivity contribution in [3.05, 3.63) is 72.7 Å². The fourth-order valence-corrected chi connectivity index (χ4v) is 5.09. The Morgan fingerprint density at radius 3 is 2.41 bits per heavy atom. The molecule has 1 aromatic carbocycles. The summed E-state index contributed by atoms with van der Waals surface area (Å²) in [5.74, 6) is 0.510. The molecule has 0 amide bonds. The number of nitrogens with zero attached hydrogens (tertiary/aromatic N) is 4. The van der Waals surface area contributed by atoms with Crippen LogP contribution < -0.4 is 5.73 Å². The lowest BCUT2D eigenvalue weighted by Crippen LogP contribution is -2.31. The van der Waals surface area contributed by atoms with Crippen molar-refractivity contribution in [2.24, 2.45) is 5.92 Å². The minimum Gasteiger partial charge on any atom is -0.460 e. The molecule has 0 spiro atoms. The predicted molar refractivity (Wildman–Crippen MR) is 147 cm³/mol. The van der Waals surface area contributed by atoms with E-state index in [4.69, 9.17) is 15.5 Å². The zero-order valence-corrected chi connectivity index (χ0v) is 21.6. The third kappa shape index (κ3) is 4.99. The molecular weight excluding hydrogens is 462 g/mol. The number of anilines is 1. The Hall–Kier alpha value is -4.00. The van der Waals surface area contributed by atoms with Gasteiger partial charge in [-0.25, -0.2) is 4.98 Å². The van der Waals surface area contributed by atoms with Crippen LogP contribution in [0.5, 0.6) is 0 Å². The van der Waals surface area contributed by atoms with Crippen LogP contribution in [0.1, 0.15) is 63.6 Å². The van der Waals surface area contributed by atoms with Gasteiger partial charge in [0.25, 0.3) is 0 Å². The van der Waals surface area contributed by atoms with Gasteiger partial charge in [-0.3, -0.25) is 9.78 Å². The van der Waals surface area contributed by atoms with Crippen LogP contribution in [-0.2, 0) is 9.53 Å². The summed E-state index contributed by atoms with van der Waals surface area (Å²) in [5.41, 5.74) is 12.3. The van der Waals surface area contributed by atoms with Gasteiger partial charge < -0.3 is 10.5 Å². The molecule has 37 heavy (non-hydrogen) atoms. The van der Waals surface area contributed by atoms with Crippen LogP contribution in [-0.4, -0.2) is 31.2 Å². The molecule has 1 fully saturated rings. The van der Waals surface area contributed by atoms with E-state index < -0.39 is 5.60 Å². The number of carbonyl (C=O) groups is 1. The molecule has 7 nitrogen and oxygen atoms in total. The highest BCUT2D eigenvalue weighted by atomic mass is 16.6. The second kappa shape index (κ2) is 9.81. The third-order valence-electron chi connectivity index (χ3n) is 6.95. The summed E-state index contributed by atoms with van der Waals surface area (Å²) >= 11 is 0. The number of benzene rings is 1. The van der Waals surface area contributed by atoms with Gasteiger partial charge in [0, 0.05) is 34.4 Å². The monoisotopic (exact) mass is 495 g/mol. The van der Waals surface area contributed by atoms with E-state index in [-0.39, 0.29) is 17.8 Å². The number of pyridine rings is 1. The summed E-state index contributed by atoms with van der Waals surface area (Å²) in [6.07, 6.45) is 8.60. The van der Waals surface area contributed by atoms with Crippen molar-refractivity contribution < 1.29 is 9.53 Å². The van der Waals surface area contributed by atoms with Crippen LogP contribution in [0.4, 0.5) is 5.82 Å². The van der Waals surface area contributed by atoms with Crippen LogP contribution >= 0.6 is 0 Å². The molecule has 0 bridgehead atoms. The molecule has 4 aromatic rings. The number of ether oxygens (including phenoxy) is 1. The van der Waals surface area contributed by atoms with Crippen molar-refractivity contribution in [2.45, 2.75) is 58.0 Å². The van der Waals surface area contributed by atoms with Crippen LogP contribution in [0, 0.1) is 5.92 Å². The summed E-state index contributed by atoms with van der Waals surface area (Å²) in [7, 11) is 0. The van der Waals surface area contributed by atoms with Crippen molar-refractivity contribution in [1.29, 1.82) is 0 Å². The fourth-order valence-electron chi connectivity index (χ4n) is 5.09. The Kier molecular flexibility index (Phi) is 6.54. The average molecular weight is 496 g/mol. The smallest absolute Gasteiger partial charge is 0.309 e. The number of hydrogen-bond donors (Lipinski definition) is 1. The van der Waals surface area contributed by atoms with E-state index in [1.807, 2.05) is 69.4 Å². The SMILES string of the molecule is C=Cc1c(N)n2ncc(-c3ccc(-c4ccccc4)nc3)c2nc1[C@H]1CC[C@H](C(=O)OC(C)(C)C)CC1. The molecule has 190 valence electrons. The summed E-state index contributed by atoms with van der Waals surface area (Å²) in [6.45, 7) is 9.71. The largest absolute Gasteiger partial charge is 0.460 e. The first-order valence-corrected chi connectivity index (χ1v) is 12.8. The fraction of sp³-hybridized carbons (Fsp3) is 0.333. The van der Waals surface area contributed by atoms with Gasteiger partial charge in [-0.2, -0.15) is 9.61 Å². The highest BCUT2D eigenvalue weighted by molar-refractivity contribution is 5.80. The lowest BCUT2D eigenvalue weighted by atomic mass is 9.79. The highest BCUT2D eigenvalue weighted by Gasteiger charge is 2.32. The quantitative estimate of drug-likeness (QED) is 0.327. The topological polar surface area (TPSA) is 95.4 Å². The normalized spacial score (nSPS) is 18.0. The van der Waals surface area contributed by atoms with Crippen molar-refractivity contribution >= 4 is 23.5 Å². The minimum atomic E-state index is -0.475. The van der Waals surface area contributed by atoms with Crippen LogP contribution in [0.2, 0.25) is 0 Å². The van der Waals surface area contributed by atoms with Gasteiger partial charge in [0.1, 0.15) is 11.4 Å². The standard InChI is InChI=1S/C30H33N5O2/c1-5-23-26(20-11-13-21(14-12-20)29(36)37-30(2,3)4)34-28-24(18-33-35(28)27(23)31)22-15-16-25(32-17-22)19-9-7-6-8-10-19/h5-10,15-18,20-21H,1,11-14,31H2,2-4H3/t20-,21-. The molecule has 1 aliphatic rings. The van der Waals surface area contributed by atoms with E-state index in [1.54, 1.807) is 16.8 Å². The Balaban J connectivity index is 1.44. The maximum Gasteiger partial charge on any atom is 0.309 e. The number of nitrogens with two attached hydrogens (primary N) is 1. The number of nitrogen functional groups attached to an aromatic ring is 1. The van der Waals surface area contributed by atoms with Gasteiger partial charge in [-0.1, -0.05) is 49.1 Å². The molecule has 0 unspecified atom stereocenters. The summed E-state index contributed by atoms with van der Waals surface area (Å²) in [5, 5.41) is 4.53. The number of hydrogen-bond acceptors (Lipinski definition) is 6. The second-order valence-electron chi connectivity index (χ2n) is 10.7. The minimum absolute atomic E-state index is 0.0801. The zero-order valence-electron chi connectivity index (χ0n) is 21.6. The molecule has 7 heteroatoms. The highest BCUT2D eigenvalue weighted by Crippen LogP contribution is 2.40. The molecule has 0 atom stereocenters. The Bertz CT molecular complexity index is 1430. The zero-order chi connectivity index (χ0) is 26.2. The van der Waals surface area contributed by atoms with Gasteiger partial charge in [0.2, 0.25) is 0 Å². The molecule has 1 saturated carbocycles. The van der Waals surface area contributed by atoms with Crippen LogP contribution in [0.3, 0.4) is 0 Å². The molecule has 3 heterocycles. The molecule has 5 rings (SSSR count). The van der Waals surface area contributed by atoms with Gasteiger partial charge in [0.15, 0.2) is 5.65 Å². The van der Waals surface area contributed by atoms with Crippen molar-refractivity contribution in [3.8, 4) is 22.4 Å². The van der Waals surface area contributed by atoms with Gasteiger partial charge in [-0.15, -0.1) is 0 Å². The Morgan fingerprint density at radius 1 is 1.05 bits per heavy atom. The maximum absolute atomic E-state index is 12.6. The van der Waals surface area contributed by atoms with Gasteiger partial charge in [0.05, 0.1) is 23.5 Å². The number of carbonyl (C=O) groups excluding carboxylic acids is 1. The first-order chi connectivity index (χ1) is 17.7. The van der Waals surface area contributed by atoms with Crippen LogP contribution in [0.15, 0.2) is 61.4 Å². The lowest BCUT2D eigenvalue weighted by molar-refractivity contribution is -0.161. The Morgan fingerprint density at radius 2 is 1.78 bits per heavy atom. The first kappa shape index (κ1) is 24.7. The summed E-state index contributed by atoms with van der Waals surface area (Å²) in [6, 6.07) is 14.1. The molecule has 0 aliphatic heterocycles. The first-order valence-electron chi connectivity index (χ1n) is 12.8. The Labute approximate surface area is 217 Å². The van der Waals surface area contributed by atoms with E-state index in [1.165, 1.54) is 0 Å². The molecule has 2 N–H and O–H groups in total. The van der Waals surface area contributed by atoms with Gasteiger partial charge in [-0.05, 0) is 52.5 Å². The molecular formula is C30H33N5O2. The average Bonchev–Trinajstić information content (AvgIpc) is 3.33.